The summed E-state index contributed by atoms with van der Waals surface area (Å²) < 4.78 is 4.99. The predicted molar refractivity (Wildman–Crippen MR) is 82.7 cm³/mol. The van der Waals surface area contributed by atoms with Gasteiger partial charge in [-0.3, -0.25) is 9.59 Å². The van der Waals surface area contributed by atoms with Crippen LogP contribution in [0, 0.1) is 0 Å². The third-order valence-electron chi connectivity index (χ3n) is 3.01. The molecule has 1 heterocycles. The molecule has 0 radical (unpaired) electrons. The second-order valence-corrected chi connectivity index (χ2v) is 5.15. The lowest BCUT2D eigenvalue weighted by molar-refractivity contribution is -0.139. The maximum atomic E-state index is 12.1. The van der Waals surface area contributed by atoms with Gasteiger partial charge in [-0.15, -0.1) is 0 Å². The van der Waals surface area contributed by atoms with Gasteiger partial charge in [0, 0.05) is 25.6 Å². The fraction of sp³-hybridized carbons (Fsp3) is 0.286. The highest BCUT2D eigenvalue weighted by atomic mass is 35.5. The number of hydrazone groups is 1. The Labute approximate surface area is 136 Å². The average molecular weight is 340 g/mol. The first-order valence-electron chi connectivity index (χ1n) is 6.66. The van der Waals surface area contributed by atoms with Crippen LogP contribution >= 0.6 is 11.6 Å². The average Bonchev–Trinajstić information content (AvgIpc) is 2.49. The van der Waals surface area contributed by atoms with Crippen LogP contribution in [-0.4, -0.2) is 47.3 Å². The van der Waals surface area contributed by atoms with Crippen LogP contribution < -0.4 is 10.1 Å². The Bertz CT molecular complexity index is 689. The largest absolute Gasteiger partial charge is 0.480 e. The Morgan fingerprint density at radius 2 is 2.17 bits per heavy atom. The van der Waals surface area contributed by atoms with Crippen molar-refractivity contribution in [3.8, 4) is 5.75 Å². The Balaban J connectivity index is 2.04. The number of aliphatic carboxylic acids is 1. The molecule has 1 aliphatic rings. The van der Waals surface area contributed by atoms with Crippen molar-refractivity contribution >= 4 is 40.8 Å². The molecule has 1 aromatic carbocycles. The first kappa shape index (κ1) is 16.8. The second kappa shape index (κ2) is 7.10. The Morgan fingerprint density at radius 1 is 1.43 bits per heavy atom. The van der Waals surface area contributed by atoms with Gasteiger partial charge in [-0.25, -0.2) is 9.80 Å². The molecule has 0 spiro atoms. The van der Waals surface area contributed by atoms with Crippen LogP contribution in [0.25, 0.3) is 0 Å². The highest BCUT2D eigenvalue weighted by Crippen LogP contribution is 2.27. The highest BCUT2D eigenvalue weighted by Gasteiger charge is 2.22. The third kappa shape index (κ3) is 4.43. The molecular weight excluding hydrogens is 326 g/mol. The highest BCUT2D eigenvalue weighted by molar-refractivity contribution is 6.43. The fourth-order valence-corrected chi connectivity index (χ4v) is 2.11. The van der Waals surface area contributed by atoms with Gasteiger partial charge in [-0.1, -0.05) is 11.6 Å². The van der Waals surface area contributed by atoms with E-state index in [9.17, 15) is 14.4 Å². The zero-order valence-corrected chi connectivity index (χ0v) is 13.0. The van der Waals surface area contributed by atoms with Crippen LogP contribution in [0.15, 0.2) is 23.3 Å². The number of hydrogen-bond acceptors (Lipinski definition) is 5. The molecule has 0 aliphatic carbocycles. The Morgan fingerprint density at radius 3 is 2.78 bits per heavy atom. The molecule has 0 saturated carbocycles. The number of anilines is 1. The number of ether oxygens (including phenoxy) is 1. The Kier molecular flexibility index (Phi) is 5.17. The van der Waals surface area contributed by atoms with Crippen molar-refractivity contribution < 1.29 is 24.2 Å². The van der Waals surface area contributed by atoms with Gasteiger partial charge in [0.05, 0.1) is 5.02 Å². The Hall–Kier alpha value is -2.61. The van der Waals surface area contributed by atoms with Gasteiger partial charge in [-0.05, 0) is 18.2 Å². The minimum Gasteiger partial charge on any atom is -0.480 e. The number of carbonyl (C=O) groups is 3. The van der Waals surface area contributed by atoms with Crippen molar-refractivity contribution in [1.82, 2.24) is 5.01 Å². The van der Waals surface area contributed by atoms with Gasteiger partial charge in [0.25, 0.3) is 5.91 Å². The monoisotopic (exact) mass is 339 g/mol. The molecule has 0 atom stereocenters. The number of rotatable bonds is 5. The molecule has 2 amide bonds. The van der Waals surface area contributed by atoms with Gasteiger partial charge in [-0.2, -0.15) is 5.10 Å². The molecule has 9 heteroatoms. The van der Waals surface area contributed by atoms with E-state index in [1.807, 2.05) is 0 Å². The number of hydrogen-bond donors (Lipinski definition) is 2. The number of nitrogens with zero attached hydrogens (tertiary/aromatic N) is 2. The first-order chi connectivity index (χ1) is 10.9. The summed E-state index contributed by atoms with van der Waals surface area (Å²) in [6.45, 7) is -0.511. The molecule has 0 unspecified atom stereocenters. The maximum Gasteiger partial charge on any atom is 0.341 e. The topological polar surface area (TPSA) is 108 Å². The predicted octanol–water partition coefficient (Wildman–Crippen LogP) is 1.35. The molecule has 2 N–H and O–H groups in total. The van der Waals surface area contributed by atoms with E-state index in [4.69, 9.17) is 21.4 Å². The van der Waals surface area contributed by atoms with Gasteiger partial charge in [0.15, 0.2) is 6.61 Å². The summed E-state index contributed by atoms with van der Waals surface area (Å²) >= 11 is 5.97. The van der Waals surface area contributed by atoms with Crippen LogP contribution in [0.1, 0.15) is 12.8 Å². The maximum absolute atomic E-state index is 12.1. The molecule has 122 valence electrons. The van der Waals surface area contributed by atoms with Crippen LogP contribution in [0.5, 0.6) is 5.75 Å². The van der Waals surface area contributed by atoms with E-state index in [1.54, 1.807) is 0 Å². The number of carboxylic acid groups (broad SMARTS) is 1. The van der Waals surface area contributed by atoms with Crippen molar-refractivity contribution in [1.29, 1.82) is 0 Å². The molecule has 0 fully saturated rings. The van der Waals surface area contributed by atoms with Crippen molar-refractivity contribution in [2.45, 2.75) is 12.8 Å². The lowest BCUT2D eigenvalue weighted by Gasteiger charge is -2.19. The molecule has 23 heavy (non-hydrogen) atoms. The molecule has 0 aromatic heterocycles. The fourth-order valence-electron chi connectivity index (χ4n) is 1.87. The molecular formula is C14H14ClN3O5. The minimum atomic E-state index is -1.12. The van der Waals surface area contributed by atoms with Crippen LogP contribution in [0.3, 0.4) is 0 Å². The van der Waals surface area contributed by atoms with E-state index in [0.29, 0.717) is 5.69 Å². The summed E-state index contributed by atoms with van der Waals surface area (Å²) in [6, 6.07) is 4.42. The van der Waals surface area contributed by atoms with E-state index in [0.717, 1.165) is 5.01 Å². The van der Waals surface area contributed by atoms with E-state index in [-0.39, 0.29) is 35.2 Å². The van der Waals surface area contributed by atoms with E-state index >= 15 is 0 Å². The molecule has 0 bridgehead atoms. The molecule has 0 saturated heterocycles. The molecule has 8 nitrogen and oxygen atoms in total. The molecule has 1 aromatic rings. The van der Waals surface area contributed by atoms with Gasteiger partial charge in [0.2, 0.25) is 5.91 Å². The second-order valence-electron chi connectivity index (χ2n) is 4.75. The number of nitrogens with one attached hydrogen (secondary N) is 1. The molecule has 2 rings (SSSR count). The van der Waals surface area contributed by atoms with Crippen LogP contribution in [0.2, 0.25) is 5.02 Å². The number of carboxylic acids is 1. The first-order valence-corrected chi connectivity index (χ1v) is 7.04. The third-order valence-corrected chi connectivity index (χ3v) is 3.31. The minimum absolute atomic E-state index is 0.149. The van der Waals surface area contributed by atoms with Gasteiger partial charge in [0.1, 0.15) is 11.5 Å². The number of amides is 2. The lowest BCUT2D eigenvalue weighted by Crippen LogP contribution is -2.34. The van der Waals surface area contributed by atoms with Crippen LogP contribution in [-0.2, 0) is 14.4 Å². The van der Waals surface area contributed by atoms with E-state index in [2.05, 4.69) is 10.4 Å². The summed E-state index contributed by atoms with van der Waals surface area (Å²) in [6.07, 6.45) is 0.494. The van der Waals surface area contributed by atoms with Crippen molar-refractivity contribution in [3.05, 3.63) is 23.2 Å². The standard InChI is InChI=1S/C14H14ClN3O5/c1-18-12(19)5-3-10(17-18)14(22)16-8-2-4-11(9(15)6-8)23-7-13(20)21/h2,4,6H,3,5,7H2,1H3,(H,16,22)(H,20,21). The zero-order valence-electron chi connectivity index (χ0n) is 12.2. The van der Waals surface area contributed by atoms with E-state index in [1.165, 1.54) is 25.2 Å². The lowest BCUT2D eigenvalue weighted by atomic mass is 10.1. The summed E-state index contributed by atoms with van der Waals surface area (Å²) in [4.78, 5) is 33.9. The summed E-state index contributed by atoms with van der Waals surface area (Å²) in [5.41, 5.74) is 0.652. The number of carbonyl (C=O) groups excluding carboxylic acids is 2. The quantitative estimate of drug-likeness (QED) is 0.841. The van der Waals surface area contributed by atoms with Crippen molar-refractivity contribution in [2.24, 2.45) is 5.10 Å². The smallest absolute Gasteiger partial charge is 0.341 e. The van der Waals surface area contributed by atoms with Crippen LogP contribution in [0.4, 0.5) is 5.69 Å². The zero-order chi connectivity index (χ0) is 17.0. The van der Waals surface area contributed by atoms with Gasteiger partial charge < -0.3 is 15.2 Å². The number of halogens is 1. The summed E-state index contributed by atoms with van der Waals surface area (Å²) in [5, 5.41) is 16.4. The van der Waals surface area contributed by atoms with E-state index < -0.39 is 18.5 Å². The SMILES string of the molecule is CN1N=C(C(=O)Nc2ccc(OCC(=O)O)c(Cl)c2)CCC1=O. The van der Waals surface area contributed by atoms with Crippen molar-refractivity contribution in [3.63, 3.8) is 0 Å². The van der Waals surface area contributed by atoms with Gasteiger partial charge >= 0.3 is 5.97 Å². The number of benzene rings is 1. The normalized spacial score (nSPS) is 14.3. The molecule has 1 aliphatic heterocycles. The summed E-state index contributed by atoms with van der Waals surface area (Å²) in [7, 11) is 1.49. The summed E-state index contributed by atoms with van der Waals surface area (Å²) in [5.74, 6) is -1.50. The van der Waals surface area contributed by atoms with Crippen molar-refractivity contribution in [2.75, 3.05) is 19.0 Å².